The van der Waals surface area contributed by atoms with Crippen LogP contribution in [0.3, 0.4) is 0 Å². The first-order valence-corrected chi connectivity index (χ1v) is 15.1. The summed E-state index contributed by atoms with van der Waals surface area (Å²) >= 11 is 0. The Morgan fingerprint density at radius 2 is 1.48 bits per heavy atom. The van der Waals surface area contributed by atoms with Crippen LogP contribution in [0.5, 0.6) is 11.5 Å². The average molecular weight is 593 g/mol. The number of ether oxygens (including phenoxy) is 1. The zero-order chi connectivity index (χ0) is 30.8. The van der Waals surface area contributed by atoms with Crippen molar-refractivity contribution in [1.29, 1.82) is 0 Å². The number of nitrogens with one attached hydrogen (secondary N) is 2. The number of aliphatic hydroxyl groups is 2. The normalized spacial score (nSPS) is 20.8. The zero-order valence-corrected chi connectivity index (χ0v) is 24.7. The van der Waals surface area contributed by atoms with Gasteiger partial charge < -0.3 is 30.7 Å². The lowest BCUT2D eigenvalue weighted by molar-refractivity contribution is -0.117. The molecule has 9 heteroatoms. The van der Waals surface area contributed by atoms with Gasteiger partial charge >= 0.3 is 0 Å². The summed E-state index contributed by atoms with van der Waals surface area (Å²) in [6, 6.07) is 3.06. The topological polar surface area (TPSA) is 145 Å². The van der Waals surface area contributed by atoms with Crippen molar-refractivity contribution in [1.82, 2.24) is 0 Å². The molecule has 1 saturated carbocycles. The largest absolute Gasteiger partial charge is 0.507 e. The van der Waals surface area contributed by atoms with Crippen molar-refractivity contribution in [3.05, 3.63) is 60.4 Å². The molecule has 3 atom stereocenters. The van der Waals surface area contributed by atoms with Gasteiger partial charge in [0.15, 0.2) is 11.2 Å². The molecule has 3 unspecified atom stereocenters. The van der Waals surface area contributed by atoms with Gasteiger partial charge in [-0.3, -0.25) is 14.4 Å². The first-order valence-electron chi connectivity index (χ1n) is 15.1. The standard InChI is InChI=1S/C35H32N2O7/c1-13-8-17-25-28-23(15(11-38)9-20(41)26(28)33-32(17)36-18-6-4-5-7-19(18)37-33)24-16(12-39)10-21(42)27-29(24)30(25)31(22(13)14(2)40)35(44-3)34(27)43/h8-10,18-19,22,36-39,42H,4-7,11-12H2,1-3H3. The highest BCUT2D eigenvalue weighted by Gasteiger charge is 2.39. The number of aliphatic hydroxyl groups excluding tert-OH is 2. The maximum absolute atomic E-state index is 14.2. The van der Waals surface area contributed by atoms with Crippen molar-refractivity contribution in [3.63, 3.8) is 0 Å². The third-order valence-electron chi connectivity index (χ3n) is 10.2. The van der Waals surface area contributed by atoms with E-state index < -0.39 is 24.6 Å². The van der Waals surface area contributed by atoms with Crippen molar-refractivity contribution in [3.8, 4) is 11.5 Å². The van der Waals surface area contributed by atoms with Crippen molar-refractivity contribution in [2.45, 2.75) is 70.7 Å². The molecule has 3 aliphatic rings. The number of carbonyl (C=O) groups is 1. The number of carbonyl (C=O) groups excluding carboxylic acids is 1. The monoisotopic (exact) mass is 592 g/mol. The number of hydrogen-bond donors (Lipinski definition) is 5. The molecule has 1 aliphatic heterocycles. The zero-order valence-electron chi connectivity index (χ0n) is 24.7. The van der Waals surface area contributed by atoms with E-state index in [1.165, 1.54) is 26.2 Å². The van der Waals surface area contributed by atoms with Crippen molar-refractivity contribution >= 4 is 66.3 Å². The number of ketones is 1. The van der Waals surface area contributed by atoms with E-state index in [-0.39, 0.29) is 40.2 Å². The van der Waals surface area contributed by atoms with E-state index in [9.17, 15) is 29.7 Å². The molecule has 5 N–H and O–H groups in total. The van der Waals surface area contributed by atoms with Gasteiger partial charge in [0.05, 0.1) is 48.4 Å². The Bertz CT molecular complexity index is 2260. The quantitative estimate of drug-likeness (QED) is 0.146. The molecule has 5 aromatic carbocycles. The van der Waals surface area contributed by atoms with E-state index >= 15 is 0 Å². The summed E-state index contributed by atoms with van der Waals surface area (Å²) in [7, 11) is 1.38. The van der Waals surface area contributed by atoms with Crippen molar-refractivity contribution < 1.29 is 24.9 Å². The molecule has 0 spiro atoms. The molecular weight excluding hydrogens is 560 g/mol. The van der Waals surface area contributed by atoms with Gasteiger partial charge in [0.25, 0.3) is 0 Å². The van der Waals surface area contributed by atoms with Gasteiger partial charge in [0, 0.05) is 39.4 Å². The number of methoxy groups -OCH3 is 1. The molecule has 224 valence electrons. The molecule has 8 rings (SSSR count). The van der Waals surface area contributed by atoms with Crippen LogP contribution in [0.4, 0.5) is 11.4 Å². The summed E-state index contributed by atoms with van der Waals surface area (Å²) in [6.07, 6.45) is 6.05. The summed E-state index contributed by atoms with van der Waals surface area (Å²) in [5.41, 5.74) is 3.16. The SMILES string of the molecule is COc1c2c3c4c(c5c(c6c(=O)cc(CO)c(c7c(CO)cc(O)c(c1=O)c73)c64)NC1CCCCC1N5)C=C(C)C2C(C)=O. The number of phenolic OH excluding ortho intramolecular Hbond substituents is 1. The first-order chi connectivity index (χ1) is 21.2. The molecule has 0 aromatic heterocycles. The second-order valence-corrected chi connectivity index (χ2v) is 12.6. The molecule has 2 aliphatic carbocycles. The molecular formula is C35H32N2O7. The lowest BCUT2D eigenvalue weighted by Crippen LogP contribution is -2.45. The maximum atomic E-state index is 14.2. The Morgan fingerprint density at radius 3 is 2.09 bits per heavy atom. The summed E-state index contributed by atoms with van der Waals surface area (Å²) in [5, 5.41) is 43.6. The van der Waals surface area contributed by atoms with Crippen LogP contribution in [0.25, 0.3) is 49.2 Å². The minimum atomic E-state index is -0.837. The number of aromatic hydroxyl groups is 1. The fourth-order valence-electron chi connectivity index (χ4n) is 8.58. The summed E-state index contributed by atoms with van der Waals surface area (Å²) in [6.45, 7) is 2.42. The molecule has 1 heterocycles. The molecule has 0 bridgehead atoms. The second-order valence-electron chi connectivity index (χ2n) is 12.6. The number of hydrogen-bond acceptors (Lipinski definition) is 9. The van der Waals surface area contributed by atoms with Crippen molar-refractivity contribution in [2.75, 3.05) is 17.7 Å². The smallest absolute Gasteiger partial charge is 0.232 e. The van der Waals surface area contributed by atoms with E-state index in [0.717, 1.165) is 36.9 Å². The Morgan fingerprint density at radius 1 is 0.864 bits per heavy atom. The number of rotatable bonds is 4. The fourth-order valence-corrected chi connectivity index (χ4v) is 8.58. The Balaban J connectivity index is 1.78. The van der Waals surface area contributed by atoms with E-state index in [4.69, 9.17) is 4.74 Å². The van der Waals surface area contributed by atoms with E-state index in [1.807, 2.05) is 13.0 Å². The van der Waals surface area contributed by atoms with Crippen LogP contribution >= 0.6 is 0 Å². The average Bonchev–Trinajstić information content (AvgIpc) is 3.14. The number of benzene rings is 5. The van der Waals surface area contributed by atoms with E-state index in [1.54, 1.807) is 0 Å². The van der Waals surface area contributed by atoms with Gasteiger partial charge in [-0.15, -0.1) is 0 Å². The van der Waals surface area contributed by atoms with Gasteiger partial charge in [-0.05, 0) is 66.1 Å². The molecule has 0 saturated heterocycles. The highest BCUT2D eigenvalue weighted by molar-refractivity contribution is 6.40. The number of Topliss-reactive ketones (excluding diaryl/α,β-unsaturated/α-hetero) is 1. The summed E-state index contributed by atoms with van der Waals surface area (Å²) in [5.74, 6) is -1.38. The Labute approximate surface area is 251 Å². The lowest BCUT2D eigenvalue weighted by atomic mass is 9.78. The Hall–Kier alpha value is -4.47. The minimum absolute atomic E-state index is 0.00523. The third-order valence-corrected chi connectivity index (χ3v) is 10.2. The van der Waals surface area contributed by atoms with Crippen molar-refractivity contribution in [2.24, 2.45) is 0 Å². The lowest BCUT2D eigenvalue weighted by Gasteiger charge is -2.41. The molecule has 5 aromatic rings. The van der Waals surface area contributed by atoms with Gasteiger partial charge in [-0.1, -0.05) is 24.5 Å². The maximum Gasteiger partial charge on any atom is 0.232 e. The third kappa shape index (κ3) is 3.23. The van der Waals surface area contributed by atoms with Gasteiger partial charge in [-0.25, -0.2) is 0 Å². The molecule has 0 radical (unpaired) electrons. The van der Waals surface area contributed by atoms with Crippen LogP contribution < -0.4 is 26.2 Å². The molecule has 0 amide bonds. The van der Waals surface area contributed by atoms with Crippen LogP contribution in [-0.4, -0.2) is 40.3 Å². The van der Waals surface area contributed by atoms with Gasteiger partial charge in [0.1, 0.15) is 11.5 Å². The number of phenols is 1. The predicted octanol–water partition coefficient (Wildman–Crippen LogP) is 4.83. The summed E-state index contributed by atoms with van der Waals surface area (Å²) < 4.78 is 5.76. The summed E-state index contributed by atoms with van der Waals surface area (Å²) in [4.78, 5) is 41.8. The van der Waals surface area contributed by atoms with Gasteiger partial charge in [0.2, 0.25) is 5.43 Å². The van der Waals surface area contributed by atoms with Crippen LogP contribution in [0.2, 0.25) is 0 Å². The first kappa shape index (κ1) is 27.1. The van der Waals surface area contributed by atoms with Crippen LogP contribution in [0.1, 0.15) is 67.7 Å². The van der Waals surface area contributed by atoms with Crippen LogP contribution in [0.15, 0.2) is 27.3 Å². The fraction of sp³-hybridized carbons (Fsp3) is 0.343. The highest BCUT2D eigenvalue weighted by Crippen LogP contribution is 2.55. The number of allylic oxidation sites excluding steroid dienone is 1. The number of fused-ring (bicyclic) bond motifs is 5. The van der Waals surface area contributed by atoms with E-state index in [0.29, 0.717) is 65.7 Å². The van der Waals surface area contributed by atoms with Crippen LogP contribution in [-0.2, 0) is 18.0 Å². The number of anilines is 2. The molecule has 1 fully saturated rings. The van der Waals surface area contributed by atoms with E-state index in [2.05, 4.69) is 10.6 Å². The van der Waals surface area contributed by atoms with Crippen LogP contribution in [0, 0.1) is 0 Å². The Kier molecular flexibility index (Phi) is 5.71. The molecule has 9 nitrogen and oxygen atoms in total. The second kappa shape index (κ2) is 9.27. The predicted molar refractivity (Wildman–Crippen MR) is 172 cm³/mol. The molecule has 44 heavy (non-hydrogen) atoms. The highest BCUT2D eigenvalue weighted by atomic mass is 16.5. The van der Waals surface area contributed by atoms with Gasteiger partial charge in [-0.2, -0.15) is 0 Å². The minimum Gasteiger partial charge on any atom is -0.507 e.